The Morgan fingerprint density at radius 3 is 2.42 bits per heavy atom. The van der Waals surface area contributed by atoms with Gasteiger partial charge in [0.15, 0.2) is 0 Å². The molecule has 1 aromatic carbocycles. The zero-order valence-electron chi connectivity index (χ0n) is 11.5. The van der Waals surface area contributed by atoms with E-state index in [-0.39, 0.29) is 11.3 Å². The lowest BCUT2D eigenvalue weighted by Crippen LogP contribution is -2.55. The average molecular weight is 271 g/mol. The van der Waals surface area contributed by atoms with Crippen LogP contribution < -0.4 is 5.32 Å². The Bertz CT molecular complexity index is 451. The van der Waals surface area contributed by atoms with Crippen molar-refractivity contribution in [2.24, 2.45) is 5.41 Å². The van der Waals surface area contributed by atoms with Gasteiger partial charge in [-0.1, -0.05) is 39.0 Å². The molecule has 4 heteroatoms. The average Bonchev–Trinajstić information content (AvgIpc) is 2.33. The van der Waals surface area contributed by atoms with Crippen LogP contribution in [0.4, 0.5) is 13.2 Å². The van der Waals surface area contributed by atoms with E-state index in [1.54, 1.807) is 12.1 Å². The number of benzene rings is 1. The maximum absolute atomic E-state index is 13.1. The van der Waals surface area contributed by atoms with E-state index in [0.717, 1.165) is 13.0 Å². The van der Waals surface area contributed by atoms with Crippen LogP contribution in [0.15, 0.2) is 24.3 Å². The molecule has 2 atom stereocenters. The van der Waals surface area contributed by atoms with Gasteiger partial charge in [-0.15, -0.1) is 0 Å². The molecule has 19 heavy (non-hydrogen) atoms. The van der Waals surface area contributed by atoms with Crippen LogP contribution in [0.3, 0.4) is 0 Å². The topological polar surface area (TPSA) is 12.0 Å². The van der Waals surface area contributed by atoms with Crippen LogP contribution >= 0.6 is 0 Å². The standard InChI is InChI=1S/C15H20F3N/c1-4-19-13-9-12(14(13,2)3)10-7-5-6-8-11(10)15(16,17)18/h5-8,12-13,19H,4,9H2,1-3H3. The van der Waals surface area contributed by atoms with Gasteiger partial charge < -0.3 is 5.32 Å². The second kappa shape index (κ2) is 4.82. The molecule has 1 saturated carbocycles. The van der Waals surface area contributed by atoms with E-state index in [9.17, 15) is 13.2 Å². The molecule has 0 saturated heterocycles. The SMILES string of the molecule is CCNC1CC(c2ccccc2C(F)(F)F)C1(C)C. The zero-order chi connectivity index (χ0) is 14.3. The summed E-state index contributed by atoms with van der Waals surface area (Å²) in [7, 11) is 0. The van der Waals surface area contributed by atoms with Gasteiger partial charge in [0.1, 0.15) is 0 Å². The molecule has 1 fully saturated rings. The van der Waals surface area contributed by atoms with E-state index in [4.69, 9.17) is 0 Å². The molecule has 0 aliphatic heterocycles. The summed E-state index contributed by atoms with van der Waals surface area (Å²) >= 11 is 0. The molecule has 2 unspecified atom stereocenters. The number of alkyl halides is 3. The molecule has 1 nitrogen and oxygen atoms in total. The smallest absolute Gasteiger partial charge is 0.314 e. The zero-order valence-corrected chi connectivity index (χ0v) is 11.5. The van der Waals surface area contributed by atoms with Crippen LogP contribution in [-0.4, -0.2) is 12.6 Å². The fraction of sp³-hybridized carbons (Fsp3) is 0.600. The highest BCUT2D eigenvalue weighted by atomic mass is 19.4. The van der Waals surface area contributed by atoms with Gasteiger partial charge in [0.05, 0.1) is 5.56 Å². The molecular formula is C15H20F3N. The van der Waals surface area contributed by atoms with Crippen LogP contribution in [0.5, 0.6) is 0 Å². The predicted octanol–water partition coefficient (Wildman–Crippen LogP) is 4.20. The Balaban J connectivity index is 2.30. The lowest BCUT2D eigenvalue weighted by Gasteiger charge is -2.53. The van der Waals surface area contributed by atoms with Gasteiger partial charge in [-0.2, -0.15) is 13.2 Å². The highest BCUT2D eigenvalue weighted by Crippen LogP contribution is 2.54. The maximum atomic E-state index is 13.1. The fourth-order valence-corrected chi connectivity index (χ4v) is 3.11. The second-order valence-corrected chi connectivity index (χ2v) is 5.80. The monoisotopic (exact) mass is 271 g/mol. The number of rotatable bonds is 3. The third-order valence-corrected chi connectivity index (χ3v) is 4.36. The number of hydrogen-bond donors (Lipinski definition) is 1. The first-order chi connectivity index (χ1) is 8.78. The van der Waals surface area contributed by atoms with Gasteiger partial charge in [0.2, 0.25) is 0 Å². The van der Waals surface area contributed by atoms with E-state index in [1.807, 2.05) is 20.8 Å². The van der Waals surface area contributed by atoms with Crippen molar-refractivity contribution < 1.29 is 13.2 Å². The van der Waals surface area contributed by atoms with Gasteiger partial charge in [-0.25, -0.2) is 0 Å². The van der Waals surface area contributed by atoms with Crippen molar-refractivity contribution in [2.75, 3.05) is 6.54 Å². The Labute approximate surface area is 112 Å². The highest BCUT2D eigenvalue weighted by molar-refractivity contribution is 5.37. The third kappa shape index (κ3) is 2.50. The van der Waals surface area contributed by atoms with Crippen LogP contribution in [0, 0.1) is 5.41 Å². The number of hydrogen-bond acceptors (Lipinski definition) is 1. The summed E-state index contributed by atoms with van der Waals surface area (Å²) in [4.78, 5) is 0. The summed E-state index contributed by atoms with van der Waals surface area (Å²) in [5.74, 6) is -0.0330. The van der Waals surface area contributed by atoms with Gasteiger partial charge in [-0.3, -0.25) is 0 Å². The molecule has 1 aromatic rings. The first kappa shape index (κ1) is 14.4. The first-order valence-electron chi connectivity index (χ1n) is 6.68. The first-order valence-corrected chi connectivity index (χ1v) is 6.68. The van der Waals surface area contributed by atoms with E-state index in [1.165, 1.54) is 12.1 Å². The van der Waals surface area contributed by atoms with Crippen molar-refractivity contribution in [1.82, 2.24) is 5.32 Å². The molecule has 0 bridgehead atoms. The molecule has 1 aliphatic rings. The second-order valence-electron chi connectivity index (χ2n) is 5.80. The molecule has 1 N–H and O–H groups in total. The van der Waals surface area contributed by atoms with Crippen molar-refractivity contribution in [3.8, 4) is 0 Å². The van der Waals surface area contributed by atoms with Gasteiger partial charge >= 0.3 is 6.18 Å². The van der Waals surface area contributed by atoms with Crippen LogP contribution in [0.1, 0.15) is 44.2 Å². The summed E-state index contributed by atoms with van der Waals surface area (Å²) in [6, 6.07) is 6.26. The van der Waals surface area contributed by atoms with Crippen LogP contribution in [0.25, 0.3) is 0 Å². The molecule has 1 aliphatic carbocycles. The number of nitrogens with one attached hydrogen (secondary N) is 1. The lowest BCUT2D eigenvalue weighted by atomic mass is 9.56. The molecule has 0 aromatic heterocycles. The predicted molar refractivity (Wildman–Crippen MR) is 70.0 cm³/mol. The van der Waals surface area contributed by atoms with Crippen molar-refractivity contribution in [3.63, 3.8) is 0 Å². The van der Waals surface area contributed by atoms with Crippen molar-refractivity contribution in [2.45, 2.75) is 45.3 Å². The summed E-state index contributed by atoms with van der Waals surface area (Å²) in [6.07, 6.45) is -3.50. The fourth-order valence-electron chi connectivity index (χ4n) is 3.11. The van der Waals surface area contributed by atoms with Crippen molar-refractivity contribution in [1.29, 1.82) is 0 Å². The molecule has 0 amide bonds. The molecule has 0 heterocycles. The lowest BCUT2D eigenvalue weighted by molar-refractivity contribution is -0.139. The van der Waals surface area contributed by atoms with E-state index in [0.29, 0.717) is 11.6 Å². The Morgan fingerprint density at radius 2 is 1.89 bits per heavy atom. The normalized spacial score (nSPS) is 26.0. The largest absolute Gasteiger partial charge is 0.416 e. The molecule has 2 rings (SSSR count). The van der Waals surface area contributed by atoms with E-state index < -0.39 is 11.7 Å². The molecule has 106 valence electrons. The van der Waals surface area contributed by atoms with Crippen molar-refractivity contribution >= 4 is 0 Å². The highest BCUT2D eigenvalue weighted by Gasteiger charge is 2.50. The van der Waals surface area contributed by atoms with E-state index >= 15 is 0 Å². The summed E-state index contributed by atoms with van der Waals surface area (Å²) < 4.78 is 39.2. The summed E-state index contributed by atoms with van der Waals surface area (Å²) in [5, 5.41) is 3.35. The Kier molecular flexibility index (Phi) is 3.65. The summed E-state index contributed by atoms with van der Waals surface area (Å²) in [5.41, 5.74) is -0.186. The molecular weight excluding hydrogens is 251 g/mol. The quantitative estimate of drug-likeness (QED) is 0.869. The van der Waals surface area contributed by atoms with E-state index in [2.05, 4.69) is 5.32 Å². The Hall–Kier alpha value is -1.03. The van der Waals surface area contributed by atoms with Gasteiger partial charge in [0.25, 0.3) is 0 Å². The van der Waals surface area contributed by atoms with Crippen LogP contribution in [-0.2, 0) is 6.18 Å². The minimum absolute atomic E-state index is 0.0330. The van der Waals surface area contributed by atoms with Gasteiger partial charge in [0, 0.05) is 6.04 Å². The van der Waals surface area contributed by atoms with Crippen molar-refractivity contribution in [3.05, 3.63) is 35.4 Å². The third-order valence-electron chi connectivity index (χ3n) is 4.36. The minimum atomic E-state index is -4.27. The van der Waals surface area contributed by atoms with Gasteiger partial charge in [-0.05, 0) is 35.9 Å². The maximum Gasteiger partial charge on any atom is 0.416 e. The molecule has 0 spiro atoms. The summed E-state index contributed by atoms with van der Waals surface area (Å²) in [6.45, 7) is 6.96. The van der Waals surface area contributed by atoms with Crippen LogP contribution in [0.2, 0.25) is 0 Å². The number of halogens is 3. The molecule has 0 radical (unpaired) electrons. The minimum Gasteiger partial charge on any atom is -0.314 e. The Morgan fingerprint density at radius 1 is 1.26 bits per heavy atom.